The van der Waals surface area contributed by atoms with Gasteiger partial charge in [-0.3, -0.25) is 4.79 Å². The molecule has 0 bridgehead atoms. The number of carbonyl (C=O) groups is 1. The first-order valence-corrected chi connectivity index (χ1v) is 8.71. The van der Waals surface area contributed by atoms with Crippen LogP contribution in [0.15, 0.2) is 66.7 Å². The highest BCUT2D eigenvalue weighted by atomic mass is 35.5. The van der Waals surface area contributed by atoms with E-state index in [1.54, 1.807) is 0 Å². The summed E-state index contributed by atoms with van der Waals surface area (Å²) >= 11 is 6.12. The summed E-state index contributed by atoms with van der Waals surface area (Å²) in [7, 11) is 0. The van der Waals surface area contributed by atoms with E-state index in [9.17, 15) is 4.79 Å². The van der Waals surface area contributed by atoms with Gasteiger partial charge < -0.3 is 10.1 Å². The van der Waals surface area contributed by atoms with Gasteiger partial charge in [-0.1, -0.05) is 67.1 Å². The summed E-state index contributed by atoms with van der Waals surface area (Å²) in [5, 5.41) is 5.78. The normalized spacial score (nSPS) is 11.9. The van der Waals surface area contributed by atoms with Crippen LogP contribution in [-0.4, -0.2) is 12.0 Å². The fourth-order valence-electron chi connectivity index (χ4n) is 2.67. The second-order valence-electron chi connectivity index (χ2n) is 5.83. The van der Waals surface area contributed by atoms with Gasteiger partial charge in [0.15, 0.2) is 6.10 Å². The standard InChI is InChI=1S/C21H20ClNO2/c1-2-20(21(24)23-14-17-9-5-6-10-19(17)22)25-18-12-11-15-7-3-4-8-16(15)13-18/h3-13,20H,2,14H2,1H3,(H,23,24). The third-order valence-corrected chi connectivity index (χ3v) is 4.44. The van der Waals surface area contributed by atoms with E-state index in [-0.39, 0.29) is 5.91 Å². The van der Waals surface area contributed by atoms with Gasteiger partial charge in [-0.25, -0.2) is 0 Å². The zero-order chi connectivity index (χ0) is 17.6. The smallest absolute Gasteiger partial charge is 0.261 e. The first kappa shape index (κ1) is 17.3. The monoisotopic (exact) mass is 353 g/mol. The molecule has 0 spiro atoms. The number of carbonyl (C=O) groups excluding carboxylic acids is 1. The minimum atomic E-state index is -0.538. The first-order valence-electron chi connectivity index (χ1n) is 8.34. The Morgan fingerprint density at radius 3 is 2.52 bits per heavy atom. The molecule has 0 aliphatic carbocycles. The molecule has 1 amide bonds. The van der Waals surface area contributed by atoms with E-state index in [1.165, 1.54) is 0 Å². The Hall–Kier alpha value is -2.52. The van der Waals surface area contributed by atoms with Gasteiger partial charge in [0.25, 0.3) is 5.91 Å². The summed E-state index contributed by atoms with van der Waals surface area (Å²) in [4.78, 5) is 12.4. The molecular weight excluding hydrogens is 334 g/mol. The molecule has 3 aromatic rings. The van der Waals surface area contributed by atoms with Crippen LogP contribution in [0.25, 0.3) is 10.8 Å². The number of hydrogen-bond donors (Lipinski definition) is 1. The van der Waals surface area contributed by atoms with E-state index < -0.39 is 6.10 Å². The number of nitrogens with one attached hydrogen (secondary N) is 1. The minimum absolute atomic E-state index is 0.143. The van der Waals surface area contributed by atoms with Crippen LogP contribution >= 0.6 is 11.6 Å². The molecule has 25 heavy (non-hydrogen) atoms. The van der Waals surface area contributed by atoms with Crippen LogP contribution in [0.4, 0.5) is 0 Å². The number of halogens is 1. The Morgan fingerprint density at radius 2 is 1.76 bits per heavy atom. The zero-order valence-corrected chi connectivity index (χ0v) is 14.8. The van der Waals surface area contributed by atoms with Crippen molar-refractivity contribution >= 4 is 28.3 Å². The van der Waals surface area contributed by atoms with E-state index in [2.05, 4.69) is 5.32 Å². The molecule has 3 nitrogen and oxygen atoms in total. The van der Waals surface area contributed by atoms with Gasteiger partial charge in [0, 0.05) is 11.6 Å². The molecule has 0 saturated heterocycles. The van der Waals surface area contributed by atoms with Crippen LogP contribution in [0.1, 0.15) is 18.9 Å². The number of hydrogen-bond acceptors (Lipinski definition) is 2. The molecule has 1 N–H and O–H groups in total. The van der Waals surface area contributed by atoms with E-state index in [0.29, 0.717) is 23.7 Å². The van der Waals surface area contributed by atoms with Gasteiger partial charge in [-0.2, -0.15) is 0 Å². The Bertz CT molecular complexity index is 878. The van der Waals surface area contributed by atoms with E-state index in [4.69, 9.17) is 16.3 Å². The highest BCUT2D eigenvalue weighted by Gasteiger charge is 2.18. The van der Waals surface area contributed by atoms with Crippen molar-refractivity contribution in [3.8, 4) is 5.75 Å². The van der Waals surface area contributed by atoms with E-state index in [0.717, 1.165) is 16.3 Å². The molecule has 0 saturated carbocycles. The SMILES string of the molecule is CCC(Oc1ccc2ccccc2c1)C(=O)NCc1ccccc1Cl. The van der Waals surface area contributed by atoms with Crippen molar-refractivity contribution in [3.63, 3.8) is 0 Å². The maximum atomic E-state index is 12.4. The largest absolute Gasteiger partial charge is 0.481 e. The predicted molar refractivity (Wildman–Crippen MR) is 102 cm³/mol. The average Bonchev–Trinajstić information content (AvgIpc) is 2.65. The fourth-order valence-corrected chi connectivity index (χ4v) is 2.87. The quantitative estimate of drug-likeness (QED) is 0.679. The summed E-state index contributed by atoms with van der Waals surface area (Å²) in [5.74, 6) is 0.550. The van der Waals surface area contributed by atoms with Crippen LogP contribution in [0, 0.1) is 0 Å². The van der Waals surface area contributed by atoms with Gasteiger partial charge in [0.2, 0.25) is 0 Å². The van der Waals surface area contributed by atoms with E-state index >= 15 is 0 Å². The van der Waals surface area contributed by atoms with Crippen molar-refractivity contribution in [2.45, 2.75) is 26.0 Å². The molecule has 0 aliphatic rings. The van der Waals surface area contributed by atoms with Crippen LogP contribution in [0.3, 0.4) is 0 Å². The van der Waals surface area contributed by atoms with E-state index in [1.807, 2.05) is 73.7 Å². The predicted octanol–water partition coefficient (Wildman–Crippen LogP) is 4.97. The van der Waals surface area contributed by atoms with Crippen molar-refractivity contribution in [1.29, 1.82) is 0 Å². The molecule has 4 heteroatoms. The topological polar surface area (TPSA) is 38.3 Å². The molecule has 0 fully saturated rings. The first-order chi connectivity index (χ1) is 12.2. The van der Waals surface area contributed by atoms with Crippen LogP contribution in [0.2, 0.25) is 5.02 Å². The van der Waals surface area contributed by atoms with Crippen LogP contribution < -0.4 is 10.1 Å². The van der Waals surface area contributed by atoms with Crippen molar-refractivity contribution in [3.05, 3.63) is 77.3 Å². The van der Waals surface area contributed by atoms with Crippen molar-refractivity contribution in [2.75, 3.05) is 0 Å². The third-order valence-electron chi connectivity index (χ3n) is 4.07. The van der Waals surface area contributed by atoms with Gasteiger partial charge >= 0.3 is 0 Å². The number of rotatable bonds is 6. The molecule has 0 heterocycles. The highest BCUT2D eigenvalue weighted by molar-refractivity contribution is 6.31. The molecular formula is C21H20ClNO2. The lowest BCUT2D eigenvalue weighted by Gasteiger charge is -2.18. The Morgan fingerprint density at radius 1 is 1.04 bits per heavy atom. The summed E-state index contributed by atoms with van der Waals surface area (Å²) in [6.07, 6.45) is 0.0462. The summed E-state index contributed by atoms with van der Waals surface area (Å²) in [6, 6.07) is 21.4. The van der Waals surface area contributed by atoms with Gasteiger partial charge in [0.1, 0.15) is 5.75 Å². The lowest BCUT2D eigenvalue weighted by Crippen LogP contribution is -2.37. The molecule has 3 rings (SSSR count). The molecule has 0 aliphatic heterocycles. The highest BCUT2D eigenvalue weighted by Crippen LogP contribution is 2.22. The Balaban J connectivity index is 1.66. The maximum absolute atomic E-state index is 12.4. The average molecular weight is 354 g/mol. The molecule has 128 valence electrons. The molecule has 3 aromatic carbocycles. The molecule has 1 atom stereocenters. The van der Waals surface area contributed by atoms with Gasteiger partial charge in [-0.05, 0) is 41.0 Å². The number of ether oxygens (including phenoxy) is 1. The lowest BCUT2D eigenvalue weighted by atomic mass is 10.1. The number of benzene rings is 3. The van der Waals surface area contributed by atoms with Crippen molar-refractivity contribution in [1.82, 2.24) is 5.32 Å². The third kappa shape index (κ3) is 4.31. The zero-order valence-electron chi connectivity index (χ0n) is 14.0. The lowest BCUT2D eigenvalue weighted by molar-refractivity contribution is -0.128. The Labute approximate surface area is 152 Å². The number of amides is 1. The Kier molecular flexibility index (Phi) is 5.56. The molecule has 0 radical (unpaired) electrons. The fraction of sp³-hybridized carbons (Fsp3) is 0.190. The number of fused-ring (bicyclic) bond motifs is 1. The molecule has 1 unspecified atom stereocenters. The minimum Gasteiger partial charge on any atom is -0.481 e. The second kappa shape index (κ2) is 8.04. The van der Waals surface area contributed by atoms with Gasteiger partial charge in [0.05, 0.1) is 0 Å². The van der Waals surface area contributed by atoms with Crippen molar-refractivity contribution < 1.29 is 9.53 Å². The van der Waals surface area contributed by atoms with Crippen LogP contribution in [0.5, 0.6) is 5.75 Å². The second-order valence-corrected chi connectivity index (χ2v) is 6.24. The molecule has 0 aromatic heterocycles. The van der Waals surface area contributed by atoms with Gasteiger partial charge in [-0.15, -0.1) is 0 Å². The summed E-state index contributed by atoms with van der Waals surface area (Å²) in [6.45, 7) is 2.32. The van der Waals surface area contributed by atoms with Crippen LogP contribution in [-0.2, 0) is 11.3 Å². The maximum Gasteiger partial charge on any atom is 0.261 e. The van der Waals surface area contributed by atoms with Crippen molar-refractivity contribution in [2.24, 2.45) is 0 Å². The summed E-state index contributed by atoms with van der Waals surface area (Å²) < 4.78 is 5.91. The summed E-state index contributed by atoms with van der Waals surface area (Å²) in [5.41, 5.74) is 0.887.